The second-order valence-corrected chi connectivity index (χ2v) is 10.3. The van der Waals surface area contributed by atoms with E-state index in [1.807, 2.05) is 36.4 Å². The Hall–Kier alpha value is -3.91. The lowest BCUT2D eigenvalue weighted by molar-refractivity contribution is -0.122. The van der Waals surface area contributed by atoms with Gasteiger partial charge in [-0.1, -0.05) is 48.5 Å². The van der Waals surface area contributed by atoms with Crippen LogP contribution in [0.15, 0.2) is 72.8 Å². The van der Waals surface area contributed by atoms with Crippen molar-refractivity contribution in [3.63, 3.8) is 0 Å². The normalized spacial score (nSPS) is 17.3. The standard InChI is InChI=1S/C31H37N5O3/c37-30(32-25-16-19-35(20-17-25)22-24-10-3-1-4-11-24)23-36-18-7-2-8-21-39-28-14-6-5-12-26(28)33-29-15-9-13-27(34-29)31(36)38/h1,3-6,9-15,25H,2,7-8,16-23H2,(H,32,37)(H,33,34). The van der Waals surface area contributed by atoms with Gasteiger partial charge < -0.3 is 20.3 Å². The number of carbonyl (C=O) groups excluding carboxylic acids is 2. The van der Waals surface area contributed by atoms with Crippen molar-refractivity contribution in [1.29, 1.82) is 0 Å². The molecular weight excluding hydrogens is 490 g/mol. The van der Waals surface area contributed by atoms with Crippen LogP contribution in [0, 0.1) is 0 Å². The number of piperidine rings is 1. The average Bonchev–Trinajstić information content (AvgIpc) is 2.96. The van der Waals surface area contributed by atoms with E-state index < -0.39 is 0 Å². The van der Waals surface area contributed by atoms with Gasteiger partial charge in [-0.3, -0.25) is 14.5 Å². The monoisotopic (exact) mass is 527 g/mol. The highest BCUT2D eigenvalue weighted by atomic mass is 16.5. The fraction of sp³-hybridized carbons (Fsp3) is 0.387. The largest absolute Gasteiger partial charge is 0.491 e. The average molecular weight is 528 g/mol. The van der Waals surface area contributed by atoms with Gasteiger partial charge in [0.25, 0.3) is 5.91 Å². The molecule has 0 atom stereocenters. The van der Waals surface area contributed by atoms with Crippen LogP contribution in [0.25, 0.3) is 0 Å². The fourth-order valence-electron chi connectivity index (χ4n) is 5.16. The maximum absolute atomic E-state index is 13.5. The second-order valence-electron chi connectivity index (χ2n) is 10.3. The van der Waals surface area contributed by atoms with Crippen LogP contribution < -0.4 is 15.4 Å². The summed E-state index contributed by atoms with van der Waals surface area (Å²) in [6, 6.07) is 23.7. The summed E-state index contributed by atoms with van der Waals surface area (Å²) in [7, 11) is 0. The van der Waals surface area contributed by atoms with Crippen molar-refractivity contribution in [2.45, 2.75) is 44.7 Å². The van der Waals surface area contributed by atoms with E-state index in [1.54, 1.807) is 17.0 Å². The highest BCUT2D eigenvalue weighted by Gasteiger charge is 2.24. The van der Waals surface area contributed by atoms with Crippen LogP contribution in [0.5, 0.6) is 5.75 Å². The third kappa shape index (κ3) is 7.57. The lowest BCUT2D eigenvalue weighted by Crippen LogP contribution is -2.48. The number of hydrogen-bond donors (Lipinski definition) is 2. The molecule has 2 aliphatic rings. The van der Waals surface area contributed by atoms with Crippen molar-refractivity contribution in [3.05, 3.63) is 84.1 Å². The Labute approximate surface area is 230 Å². The second kappa shape index (κ2) is 13.2. The first kappa shape index (κ1) is 26.7. The van der Waals surface area contributed by atoms with Gasteiger partial charge in [0, 0.05) is 32.2 Å². The molecule has 8 heteroatoms. The number of aromatic nitrogens is 1. The molecule has 1 aromatic heterocycles. The lowest BCUT2D eigenvalue weighted by Gasteiger charge is -2.33. The molecule has 204 valence electrons. The van der Waals surface area contributed by atoms with Gasteiger partial charge in [0.1, 0.15) is 17.3 Å². The van der Waals surface area contributed by atoms with Crippen LogP contribution in [0.4, 0.5) is 11.5 Å². The molecular formula is C31H37N5O3. The molecule has 3 aromatic rings. The van der Waals surface area contributed by atoms with Crippen LogP contribution in [-0.4, -0.2) is 65.4 Å². The summed E-state index contributed by atoms with van der Waals surface area (Å²) in [5.74, 6) is 0.975. The molecule has 2 N–H and O–H groups in total. The van der Waals surface area contributed by atoms with Crippen molar-refractivity contribution in [2.75, 3.05) is 38.1 Å². The first-order chi connectivity index (χ1) is 19.1. The third-order valence-corrected chi connectivity index (χ3v) is 7.27. The van der Waals surface area contributed by atoms with E-state index in [2.05, 4.69) is 44.8 Å². The Morgan fingerprint density at radius 1 is 0.923 bits per heavy atom. The number of ether oxygens (including phenoxy) is 1. The van der Waals surface area contributed by atoms with Crippen LogP contribution in [0.3, 0.4) is 0 Å². The number of hydrogen-bond acceptors (Lipinski definition) is 6. The maximum atomic E-state index is 13.5. The lowest BCUT2D eigenvalue weighted by atomic mass is 10.0. The molecule has 8 nitrogen and oxygen atoms in total. The van der Waals surface area contributed by atoms with Crippen molar-refractivity contribution in [2.24, 2.45) is 0 Å². The quantitative estimate of drug-likeness (QED) is 0.504. The number of nitrogens with zero attached hydrogens (tertiary/aromatic N) is 3. The molecule has 0 spiro atoms. The first-order valence-corrected chi connectivity index (χ1v) is 13.9. The summed E-state index contributed by atoms with van der Waals surface area (Å²) < 4.78 is 6.00. The van der Waals surface area contributed by atoms with Gasteiger partial charge in [-0.15, -0.1) is 0 Å². The molecule has 1 saturated heterocycles. The minimum Gasteiger partial charge on any atom is -0.491 e. The molecule has 2 aromatic carbocycles. The number of pyridine rings is 1. The summed E-state index contributed by atoms with van der Waals surface area (Å²) in [5, 5.41) is 6.46. The highest BCUT2D eigenvalue weighted by molar-refractivity contribution is 5.95. The van der Waals surface area contributed by atoms with E-state index in [1.165, 1.54) is 5.56 Å². The number of carbonyl (C=O) groups is 2. The van der Waals surface area contributed by atoms with E-state index in [0.717, 1.165) is 63.2 Å². The maximum Gasteiger partial charge on any atom is 0.273 e. The van der Waals surface area contributed by atoms with E-state index in [0.29, 0.717) is 24.7 Å². The molecule has 2 aliphatic heterocycles. The molecule has 0 saturated carbocycles. The van der Waals surface area contributed by atoms with E-state index in [9.17, 15) is 9.59 Å². The minimum absolute atomic E-state index is 0.0295. The molecule has 39 heavy (non-hydrogen) atoms. The fourth-order valence-corrected chi connectivity index (χ4v) is 5.16. The Morgan fingerprint density at radius 3 is 2.56 bits per heavy atom. The number of amides is 2. The van der Waals surface area contributed by atoms with E-state index >= 15 is 0 Å². The smallest absolute Gasteiger partial charge is 0.273 e. The Balaban J connectivity index is 1.20. The van der Waals surface area contributed by atoms with Crippen molar-refractivity contribution in [1.82, 2.24) is 20.1 Å². The van der Waals surface area contributed by atoms with Gasteiger partial charge >= 0.3 is 0 Å². The van der Waals surface area contributed by atoms with E-state index in [4.69, 9.17) is 4.74 Å². The number of anilines is 2. The Kier molecular flexibility index (Phi) is 9.06. The topological polar surface area (TPSA) is 86.8 Å². The summed E-state index contributed by atoms with van der Waals surface area (Å²) in [5.41, 5.74) is 2.43. The van der Waals surface area contributed by atoms with Gasteiger partial charge in [0.2, 0.25) is 5.91 Å². The Morgan fingerprint density at radius 2 is 1.72 bits per heavy atom. The summed E-state index contributed by atoms with van der Waals surface area (Å²) in [6.07, 6.45) is 4.37. The number of nitrogens with one attached hydrogen (secondary N) is 2. The highest BCUT2D eigenvalue weighted by Crippen LogP contribution is 2.27. The van der Waals surface area contributed by atoms with Crippen LogP contribution >= 0.6 is 0 Å². The summed E-state index contributed by atoms with van der Waals surface area (Å²) in [4.78, 5) is 35.2. The predicted octanol–water partition coefficient (Wildman–Crippen LogP) is 4.61. The molecule has 3 heterocycles. The molecule has 1 fully saturated rings. The van der Waals surface area contributed by atoms with Gasteiger partial charge in [-0.25, -0.2) is 4.98 Å². The molecule has 0 unspecified atom stereocenters. The summed E-state index contributed by atoms with van der Waals surface area (Å²) in [6.45, 7) is 3.93. The van der Waals surface area contributed by atoms with Gasteiger partial charge in [-0.2, -0.15) is 0 Å². The summed E-state index contributed by atoms with van der Waals surface area (Å²) >= 11 is 0. The van der Waals surface area contributed by atoms with Gasteiger partial charge in [0.15, 0.2) is 0 Å². The molecule has 0 aliphatic carbocycles. The Bertz CT molecular complexity index is 1240. The zero-order valence-corrected chi connectivity index (χ0v) is 22.4. The van der Waals surface area contributed by atoms with E-state index in [-0.39, 0.29) is 24.4 Å². The number of likely N-dealkylation sites (tertiary alicyclic amines) is 1. The van der Waals surface area contributed by atoms with Crippen molar-refractivity contribution >= 4 is 23.3 Å². The van der Waals surface area contributed by atoms with Crippen LogP contribution in [-0.2, 0) is 11.3 Å². The van der Waals surface area contributed by atoms with Crippen LogP contribution in [0.2, 0.25) is 0 Å². The number of benzene rings is 2. The number of rotatable bonds is 5. The van der Waals surface area contributed by atoms with Crippen LogP contribution in [0.1, 0.15) is 48.2 Å². The molecule has 2 bridgehead atoms. The SMILES string of the molecule is O=C(CN1CCCCCOc2ccccc2Nc2cccc(n2)C1=O)NC1CCN(Cc2ccccc2)CC1. The van der Waals surface area contributed by atoms with Gasteiger partial charge in [-0.05, 0) is 61.9 Å². The third-order valence-electron chi connectivity index (χ3n) is 7.27. The number of fused-ring (bicyclic) bond motifs is 3. The first-order valence-electron chi connectivity index (χ1n) is 13.9. The zero-order chi connectivity index (χ0) is 26.9. The van der Waals surface area contributed by atoms with Crippen molar-refractivity contribution in [3.8, 4) is 5.75 Å². The van der Waals surface area contributed by atoms with Crippen molar-refractivity contribution < 1.29 is 14.3 Å². The minimum atomic E-state index is -0.229. The predicted molar refractivity (Wildman–Crippen MR) is 152 cm³/mol. The molecule has 2 amide bonds. The molecule has 5 rings (SSSR count). The number of para-hydroxylation sites is 2. The zero-order valence-electron chi connectivity index (χ0n) is 22.4. The van der Waals surface area contributed by atoms with Gasteiger partial charge in [0.05, 0.1) is 18.8 Å². The molecule has 0 radical (unpaired) electrons.